The lowest BCUT2D eigenvalue weighted by Gasteiger charge is -2.24. The van der Waals surface area contributed by atoms with Gasteiger partial charge in [0.2, 0.25) is 6.79 Å². The number of nitrogens with zero attached hydrogens (tertiary/aromatic N) is 2. The summed E-state index contributed by atoms with van der Waals surface area (Å²) >= 11 is 4.73. The van der Waals surface area contributed by atoms with Crippen molar-refractivity contribution in [3.8, 4) is 11.5 Å². The van der Waals surface area contributed by atoms with Crippen LogP contribution in [0.2, 0.25) is 0 Å². The van der Waals surface area contributed by atoms with Gasteiger partial charge in [0.15, 0.2) is 16.3 Å². The summed E-state index contributed by atoms with van der Waals surface area (Å²) in [6, 6.07) is 12.4. The average Bonchev–Trinajstić information content (AvgIpc) is 3.37. The van der Waals surface area contributed by atoms with Crippen LogP contribution in [-0.4, -0.2) is 23.9 Å². The minimum Gasteiger partial charge on any atom is -0.463 e. The van der Waals surface area contributed by atoms with Gasteiger partial charge in [-0.25, -0.2) is 9.79 Å². The number of aromatic nitrogens is 1. The normalized spacial score (nSPS) is 17.1. The molecular formula is C24H19BrN2O5S. The predicted octanol–water partition coefficient (Wildman–Crippen LogP) is 3.29. The molecule has 2 aliphatic rings. The topological polar surface area (TPSA) is 79.1 Å². The third-order valence-corrected chi connectivity index (χ3v) is 6.91. The van der Waals surface area contributed by atoms with Gasteiger partial charge in [-0.3, -0.25) is 9.36 Å². The minimum atomic E-state index is -0.632. The highest BCUT2D eigenvalue weighted by atomic mass is 79.9. The SMILES string of the molecule is CCOC(=O)C1=C(C)N=c2s/c(=C/c3ccc4c(c3)OCO4)c(=O)n2[C@H]1c1ccc(Br)cc1. The highest BCUT2D eigenvalue weighted by Crippen LogP contribution is 2.33. The van der Waals surface area contributed by atoms with Gasteiger partial charge in [-0.2, -0.15) is 0 Å². The summed E-state index contributed by atoms with van der Waals surface area (Å²) in [6.45, 7) is 3.94. The quantitative estimate of drug-likeness (QED) is 0.487. The maximum Gasteiger partial charge on any atom is 0.338 e. The maximum absolute atomic E-state index is 13.6. The zero-order chi connectivity index (χ0) is 23.1. The molecule has 1 atom stereocenters. The Hall–Kier alpha value is -3.17. The number of ether oxygens (including phenoxy) is 3. The van der Waals surface area contributed by atoms with Crippen molar-refractivity contribution in [2.75, 3.05) is 13.4 Å². The van der Waals surface area contributed by atoms with Gasteiger partial charge >= 0.3 is 5.97 Å². The van der Waals surface area contributed by atoms with Crippen molar-refractivity contribution in [1.82, 2.24) is 4.57 Å². The molecule has 0 saturated heterocycles. The van der Waals surface area contributed by atoms with Gasteiger partial charge in [-0.05, 0) is 55.3 Å². The fourth-order valence-corrected chi connectivity index (χ4v) is 5.22. The number of carbonyl (C=O) groups excluding carboxylic acids is 1. The molecule has 0 unspecified atom stereocenters. The van der Waals surface area contributed by atoms with E-state index in [4.69, 9.17) is 14.2 Å². The monoisotopic (exact) mass is 526 g/mol. The van der Waals surface area contributed by atoms with Gasteiger partial charge in [0, 0.05) is 4.47 Å². The first-order chi connectivity index (χ1) is 16.0. The van der Waals surface area contributed by atoms with E-state index in [0.717, 1.165) is 15.6 Å². The number of hydrogen-bond donors (Lipinski definition) is 0. The van der Waals surface area contributed by atoms with Gasteiger partial charge in [-0.1, -0.05) is 45.5 Å². The van der Waals surface area contributed by atoms with Crippen molar-refractivity contribution in [3.05, 3.63) is 89.0 Å². The van der Waals surface area contributed by atoms with E-state index in [2.05, 4.69) is 20.9 Å². The molecule has 168 valence electrons. The van der Waals surface area contributed by atoms with Crippen LogP contribution in [-0.2, 0) is 9.53 Å². The standard InChI is InChI=1S/C24H19BrN2O5S/c1-3-30-23(29)20-13(2)26-24-27(21(20)15-5-7-16(25)8-6-15)22(28)19(33-24)11-14-4-9-17-18(10-14)32-12-31-17/h4-11,21H,3,12H2,1-2H3/b19-11+/t21-/m0/s1. The molecular weight excluding hydrogens is 508 g/mol. The van der Waals surface area contributed by atoms with E-state index >= 15 is 0 Å². The summed E-state index contributed by atoms with van der Waals surface area (Å²) < 4.78 is 19.1. The van der Waals surface area contributed by atoms with Crippen LogP contribution in [0.25, 0.3) is 6.08 Å². The molecule has 0 aliphatic carbocycles. The van der Waals surface area contributed by atoms with Crippen LogP contribution >= 0.6 is 27.3 Å². The summed E-state index contributed by atoms with van der Waals surface area (Å²) in [5.74, 6) is 0.847. The summed E-state index contributed by atoms with van der Waals surface area (Å²) in [7, 11) is 0. The average molecular weight is 527 g/mol. The molecule has 5 rings (SSSR count). The van der Waals surface area contributed by atoms with Crippen LogP contribution in [0.1, 0.15) is 31.0 Å². The van der Waals surface area contributed by atoms with E-state index in [1.165, 1.54) is 11.3 Å². The van der Waals surface area contributed by atoms with Crippen LogP contribution < -0.4 is 24.4 Å². The van der Waals surface area contributed by atoms with E-state index < -0.39 is 12.0 Å². The first-order valence-corrected chi connectivity index (χ1v) is 11.9. The summed E-state index contributed by atoms with van der Waals surface area (Å²) in [5.41, 5.74) is 2.29. The number of rotatable bonds is 4. The Morgan fingerprint density at radius 2 is 2.00 bits per heavy atom. The molecule has 3 heterocycles. The van der Waals surface area contributed by atoms with Crippen molar-refractivity contribution in [2.45, 2.75) is 19.9 Å². The molecule has 3 aromatic rings. The second kappa shape index (κ2) is 8.64. The van der Waals surface area contributed by atoms with Gasteiger partial charge in [0.05, 0.1) is 28.5 Å². The van der Waals surface area contributed by atoms with Crippen molar-refractivity contribution < 1.29 is 19.0 Å². The van der Waals surface area contributed by atoms with Crippen molar-refractivity contribution in [2.24, 2.45) is 4.99 Å². The first kappa shape index (κ1) is 21.7. The third kappa shape index (κ3) is 3.91. The lowest BCUT2D eigenvalue weighted by atomic mass is 9.96. The highest BCUT2D eigenvalue weighted by molar-refractivity contribution is 9.10. The molecule has 1 aromatic heterocycles. The maximum atomic E-state index is 13.6. The van der Waals surface area contributed by atoms with E-state index in [0.29, 0.717) is 32.1 Å². The largest absolute Gasteiger partial charge is 0.463 e. The Morgan fingerprint density at radius 1 is 1.24 bits per heavy atom. The predicted molar refractivity (Wildman–Crippen MR) is 127 cm³/mol. The van der Waals surface area contributed by atoms with Gasteiger partial charge in [0.1, 0.15) is 0 Å². The number of fused-ring (bicyclic) bond motifs is 2. The Kier molecular flexibility index (Phi) is 5.67. The van der Waals surface area contributed by atoms with E-state index in [1.54, 1.807) is 24.5 Å². The van der Waals surface area contributed by atoms with Crippen LogP contribution in [0.4, 0.5) is 0 Å². The molecule has 2 aromatic carbocycles. The lowest BCUT2D eigenvalue weighted by Crippen LogP contribution is -2.39. The molecule has 0 radical (unpaired) electrons. The van der Waals surface area contributed by atoms with Gasteiger partial charge in [0.25, 0.3) is 5.56 Å². The molecule has 33 heavy (non-hydrogen) atoms. The summed E-state index contributed by atoms with van der Waals surface area (Å²) in [5, 5.41) is 0. The number of carbonyl (C=O) groups is 1. The second-order valence-corrected chi connectivity index (χ2v) is 9.39. The molecule has 0 amide bonds. The molecule has 0 saturated carbocycles. The molecule has 0 bridgehead atoms. The molecule has 0 N–H and O–H groups in total. The third-order valence-electron chi connectivity index (χ3n) is 5.40. The first-order valence-electron chi connectivity index (χ1n) is 10.3. The smallest absolute Gasteiger partial charge is 0.338 e. The van der Waals surface area contributed by atoms with Crippen LogP contribution in [0, 0.1) is 0 Å². The second-order valence-electron chi connectivity index (χ2n) is 7.47. The highest BCUT2D eigenvalue weighted by Gasteiger charge is 2.33. The molecule has 0 fully saturated rings. The number of thiazole rings is 1. The van der Waals surface area contributed by atoms with Crippen LogP contribution in [0.15, 0.2) is 68.0 Å². The Morgan fingerprint density at radius 3 is 2.76 bits per heavy atom. The van der Waals surface area contributed by atoms with Gasteiger partial charge in [-0.15, -0.1) is 0 Å². The number of halogens is 1. The van der Waals surface area contributed by atoms with Crippen LogP contribution in [0.5, 0.6) is 11.5 Å². The number of allylic oxidation sites excluding steroid dienone is 1. The molecule has 2 aliphatic heterocycles. The molecule has 7 nitrogen and oxygen atoms in total. The Balaban J connectivity index is 1.69. The van der Waals surface area contributed by atoms with Gasteiger partial charge < -0.3 is 14.2 Å². The number of hydrogen-bond acceptors (Lipinski definition) is 7. The van der Waals surface area contributed by atoms with E-state index in [1.807, 2.05) is 42.5 Å². The fourth-order valence-electron chi connectivity index (χ4n) is 3.91. The summed E-state index contributed by atoms with van der Waals surface area (Å²) in [4.78, 5) is 31.6. The Labute approximate surface area is 201 Å². The van der Waals surface area contributed by atoms with Crippen LogP contribution in [0.3, 0.4) is 0 Å². The molecule has 0 spiro atoms. The van der Waals surface area contributed by atoms with Crippen molar-refractivity contribution >= 4 is 39.3 Å². The lowest BCUT2D eigenvalue weighted by molar-refractivity contribution is -0.139. The molecule has 9 heteroatoms. The van der Waals surface area contributed by atoms with Crippen molar-refractivity contribution in [1.29, 1.82) is 0 Å². The minimum absolute atomic E-state index is 0.185. The fraction of sp³-hybridized carbons (Fsp3) is 0.208. The van der Waals surface area contributed by atoms with E-state index in [9.17, 15) is 9.59 Å². The zero-order valence-corrected chi connectivity index (χ0v) is 20.2. The number of esters is 1. The van der Waals surface area contributed by atoms with E-state index in [-0.39, 0.29) is 19.0 Å². The zero-order valence-electron chi connectivity index (χ0n) is 17.8. The van der Waals surface area contributed by atoms with Crippen molar-refractivity contribution in [3.63, 3.8) is 0 Å². The number of benzene rings is 2. The summed E-state index contributed by atoms with van der Waals surface area (Å²) in [6.07, 6.45) is 1.80. The Bertz CT molecular complexity index is 1470.